The molecule has 2 heteroatoms. The van der Waals surface area contributed by atoms with E-state index in [9.17, 15) is 0 Å². The average Bonchev–Trinajstić information content (AvgIpc) is 2.62. The highest BCUT2D eigenvalue weighted by atomic mass is 16.5. The molecule has 14 heavy (non-hydrogen) atoms. The number of ether oxygens (including phenoxy) is 1. The second-order valence-electron chi connectivity index (χ2n) is 4.01. The van der Waals surface area contributed by atoms with Crippen molar-refractivity contribution in [1.29, 1.82) is 0 Å². The molecule has 76 valence electrons. The monoisotopic (exact) mass is 191 g/mol. The van der Waals surface area contributed by atoms with Crippen molar-refractivity contribution >= 4 is 0 Å². The Hall–Kier alpha value is -1.02. The fraction of sp³-hybridized carbons (Fsp3) is 0.500. The molecule has 0 spiro atoms. The van der Waals surface area contributed by atoms with Crippen molar-refractivity contribution in [2.75, 3.05) is 7.11 Å². The van der Waals surface area contributed by atoms with Gasteiger partial charge in [-0.3, -0.25) is 0 Å². The molecule has 2 rings (SSSR count). The molecule has 1 aliphatic rings. The van der Waals surface area contributed by atoms with E-state index in [0.29, 0.717) is 0 Å². The third-order valence-corrected chi connectivity index (χ3v) is 2.93. The number of methoxy groups -OCH3 is 1. The van der Waals surface area contributed by atoms with Crippen molar-refractivity contribution in [3.63, 3.8) is 0 Å². The zero-order chi connectivity index (χ0) is 10.1. The van der Waals surface area contributed by atoms with E-state index in [1.165, 1.54) is 30.4 Å². The van der Waals surface area contributed by atoms with Crippen molar-refractivity contribution in [2.45, 2.75) is 32.2 Å². The number of aryl methyl sites for hydroxylation is 2. The summed E-state index contributed by atoms with van der Waals surface area (Å²) in [5, 5.41) is 0. The second kappa shape index (κ2) is 3.62. The van der Waals surface area contributed by atoms with Gasteiger partial charge in [-0.1, -0.05) is 6.07 Å². The third kappa shape index (κ3) is 1.50. The molecule has 1 aliphatic carbocycles. The highest BCUT2D eigenvalue weighted by Gasteiger charge is 2.16. The van der Waals surface area contributed by atoms with Crippen LogP contribution in [0.4, 0.5) is 0 Å². The molecule has 0 saturated heterocycles. The maximum absolute atomic E-state index is 5.90. The molecule has 2 nitrogen and oxygen atoms in total. The summed E-state index contributed by atoms with van der Waals surface area (Å²) in [7, 11) is 1.71. The minimum atomic E-state index is 0.0517. The minimum absolute atomic E-state index is 0.0517. The van der Waals surface area contributed by atoms with Crippen molar-refractivity contribution in [3.8, 4) is 5.75 Å². The van der Waals surface area contributed by atoms with Crippen LogP contribution in [0.2, 0.25) is 0 Å². The van der Waals surface area contributed by atoms with Gasteiger partial charge in [-0.15, -0.1) is 0 Å². The number of benzene rings is 1. The Kier molecular flexibility index (Phi) is 2.46. The summed E-state index contributed by atoms with van der Waals surface area (Å²) >= 11 is 0. The molecule has 2 N–H and O–H groups in total. The van der Waals surface area contributed by atoms with Gasteiger partial charge in [0.2, 0.25) is 0 Å². The lowest BCUT2D eigenvalue weighted by atomic mass is 10.0. The first-order valence-electron chi connectivity index (χ1n) is 5.17. The molecule has 1 aromatic carbocycles. The van der Waals surface area contributed by atoms with Crippen LogP contribution in [-0.4, -0.2) is 7.11 Å². The lowest BCUT2D eigenvalue weighted by molar-refractivity contribution is 0.406. The topological polar surface area (TPSA) is 35.2 Å². The largest absolute Gasteiger partial charge is 0.496 e. The van der Waals surface area contributed by atoms with Crippen molar-refractivity contribution in [1.82, 2.24) is 0 Å². The van der Waals surface area contributed by atoms with Crippen LogP contribution >= 0.6 is 0 Å². The van der Waals surface area contributed by atoms with E-state index in [0.717, 1.165) is 11.3 Å². The molecular formula is C12H17NO. The summed E-state index contributed by atoms with van der Waals surface area (Å²) in [5.41, 5.74) is 9.93. The van der Waals surface area contributed by atoms with E-state index < -0.39 is 0 Å². The Morgan fingerprint density at radius 3 is 2.50 bits per heavy atom. The molecule has 0 aromatic heterocycles. The molecule has 0 saturated carbocycles. The zero-order valence-corrected chi connectivity index (χ0v) is 8.84. The fourth-order valence-electron chi connectivity index (χ4n) is 2.15. The van der Waals surface area contributed by atoms with Crippen molar-refractivity contribution in [3.05, 3.63) is 28.8 Å². The molecule has 0 bridgehead atoms. The Balaban J connectivity index is 2.49. The van der Waals surface area contributed by atoms with Crippen molar-refractivity contribution in [2.24, 2.45) is 5.73 Å². The minimum Gasteiger partial charge on any atom is -0.496 e. The first kappa shape index (κ1) is 9.53. The predicted octanol–water partition coefficient (Wildman–Crippen LogP) is 2.20. The normalized spacial score (nSPS) is 16.5. The van der Waals surface area contributed by atoms with Crippen LogP contribution in [-0.2, 0) is 12.8 Å². The van der Waals surface area contributed by atoms with Gasteiger partial charge in [0.05, 0.1) is 7.11 Å². The van der Waals surface area contributed by atoms with Gasteiger partial charge in [0.15, 0.2) is 0 Å². The summed E-state index contributed by atoms with van der Waals surface area (Å²) in [6.07, 6.45) is 3.64. The summed E-state index contributed by atoms with van der Waals surface area (Å²) in [5.74, 6) is 0.945. The summed E-state index contributed by atoms with van der Waals surface area (Å²) in [4.78, 5) is 0. The second-order valence-corrected chi connectivity index (χ2v) is 4.01. The Labute approximate surface area is 85.1 Å². The number of nitrogens with two attached hydrogens (primary N) is 1. The fourth-order valence-corrected chi connectivity index (χ4v) is 2.15. The van der Waals surface area contributed by atoms with E-state index in [1.807, 2.05) is 6.92 Å². The van der Waals surface area contributed by atoms with Crippen LogP contribution in [0.15, 0.2) is 12.1 Å². The van der Waals surface area contributed by atoms with Crippen LogP contribution in [0, 0.1) is 0 Å². The highest BCUT2D eigenvalue weighted by Crippen LogP contribution is 2.32. The molecule has 0 heterocycles. The third-order valence-electron chi connectivity index (χ3n) is 2.93. The molecule has 0 aliphatic heterocycles. The SMILES string of the molecule is COc1cc2c(cc1[C@@H](C)N)CCC2. The Morgan fingerprint density at radius 1 is 1.29 bits per heavy atom. The molecule has 0 amide bonds. The lowest BCUT2D eigenvalue weighted by Gasteiger charge is -2.14. The van der Waals surface area contributed by atoms with Gasteiger partial charge >= 0.3 is 0 Å². The van der Waals surface area contributed by atoms with Crippen LogP contribution < -0.4 is 10.5 Å². The maximum Gasteiger partial charge on any atom is 0.123 e. The number of fused-ring (bicyclic) bond motifs is 1. The number of rotatable bonds is 2. The van der Waals surface area contributed by atoms with E-state index in [2.05, 4.69) is 12.1 Å². The van der Waals surface area contributed by atoms with E-state index >= 15 is 0 Å². The average molecular weight is 191 g/mol. The quantitative estimate of drug-likeness (QED) is 0.777. The van der Waals surface area contributed by atoms with Crippen molar-refractivity contribution < 1.29 is 4.74 Å². The lowest BCUT2D eigenvalue weighted by Crippen LogP contribution is -2.07. The smallest absolute Gasteiger partial charge is 0.123 e. The predicted molar refractivity (Wildman–Crippen MR) is 57.6 cm³/mol. The van der Waals surface area contributed by atoms with Crippen LogP contribution in [0.25, 0.3) is 0 Å². The first-order valence-corrected chi connectivity index (χ1v) is 5.17. The molecule has 0 fully saturated rings. The maximum atomic E-state index is 5.90. The number of hydrogen-bond donors (Lipinski definition) is 1. The summed E-state index contributed by atoms with van der Waals surface area (Å²) in [6.45, 7) is 2.00. The summed E-state index contributed by atoms with van der Waals surface area (Å²) < 4.78 is 5.35. The Bertz CT molecular complexity index is 344. The van der Waals surface area contributed by atoms with Crippen LogP contribution in [0.3, 0.4) is 0 Å². The van der Waals surface area contributed by atoms with Gasteiger partial charge in [-0.25, -0.2) is 0 Å². The van der Waals surface area contributed by atoms with Gasteiger partial charge in [0.25, 0.3) is 0 Å². The molecule has 0 unspecified atom stereocenters. The van der Waals surface area contributed by atoms with E-state index in [4.69, 9.17) is 10.5 Å². The van der Waals surface area contributed by atoms with Gasteiger partial charge in [-0.2, -0.15) is 0 Å². The van der Waals surface area contributed by atoms with Crippen LogP contribution in [0.5, 0.6) is 5.75 Å². The van der Waals surface area contributed by atoms with Crippen LogP contribution in [0.1, 0.15) is 36.1 Å². The standard InChI is InChI=1S/C12H17NO/c1-8(13)11-6-9-4-3-5-10(9)7-12(11)14-2/h6-8H,3-5,13H2,1-2H3/t8-/m1/s1. The molecule has 0 radical (unpaired) electrons. The zero-order valence-electron chi connectivity index (χ0n) is 8.84. The van der Waals surface area contributed by atoms with E-state index in [-0.39, 0.29) is 6.04 Å². The number of hydrogen-bond acceptors (Lipinski definition) is 2. The summed E-state index contributed by atoms with van der Waals surface area (Å²) in [6, 6.07) is 4.42. The van der Waals surface area contributed by atoms with E-state index in [1.54, 1.807) is 7.11 Å². The highest BCUT2D eigenvalue weighted by molar-refractivity contribution is 5.45. The molecular weight excluding hydrogens is 174 g/mol. The van der Waals surface area contributed by atoms with Gasteiger partial charge in [0, 0.05) is 11.6 Å². The molecule has 1 aromatic rings. The Morgan fingerprint density at radius 2 is 1.93 bits per heavy atom. The van der Waals surface area contributed by atoms with Gasteiger partial charge in [0.1, 0.15) is 5.75 Å². The first-order chi connectivity index (χ1) is 6.72. The van der Waals surface area contributed by atoms with Gasteiger partial charge in [-0.05, 0) is 43.4 Å². The van der Waals surface area contributed by atoms with Gasteiger partial charge < -0.3 is 10.5 Å². The molecule has 1 atom stereocenters.